The number of carbonyl (C=O) groups excluding carboxylic acids is 1. The summed E-state index contributed by atoms with van der Waals surface area (Å²) in [5.41, 5.74) is 0. The monoisotopic (exact) mass is 216 g/mol. The second-order valence-corrected chi connectivity index (χ2v) is 4.01. The summed E-state index contributed by atoms with van der Waals surface area (Å²) < 4.78 is 0. The van der Waals surface area contributed by atoms with Crippen molar-refractivity contribution in [1.82, 2.24) is 10.2 Å². The standard InChI is InChI=1S/C11H24N2O2/c1-5-13(6-2)11(15)8-12-7-10(14)9(3)4/h9-10,12,14H,5-8H2,1-4H3. The highest BCUT2D eigenvalue weighted by atomic mass is 16.3. The van der Waals surface area contributed by atoms with Gasteiger partial charge in [-0.2, -0.15) is 0 Å². The Hall–Kier alpha value is -0.610. The molecule has 0 spiro atoms. The summed E-state index contributed by atoms with van der Waals surface area (Å²) in [6.07, 6.45) is -0.380. The highest BCUT2D eigenvalue weighted by molar-refractivity contribution is 5.78. The van der Waals surface area contributed by atoms with Crippen molar-refractivity contribution in [2.24, 2.45) is 5.92 Å². The Morgan fingerprint density at radius 2 is 1.87 bits per heavy atom. The summed E-state index contributed by atoms with van der Waals surface area (Å²) in [5.74, 6) is 0.317. The number of aliphatic hydroxyl groups is 1. The first-order chi connectivity index (χ1) is 7.02. The van der Waals surface area contributed by atoms with E-state index in [9.17, 15) is 9.90 Å². The second kappa shape index (κ2) is 7.65. The zero-order chi connectivity index (χ0) is 11.8. The highest BCUT2D eigenvalue weighted by Crippen LogP contribution is 1.98. The minimum atomic E-state index is -0.380. The molecule has 2 N–H and O–H groups in total. The molecule has 0 saturated carbocycles. The largest absolute Gasteiger partial charge is 0.392 e. The molecule has 0 fully saturated rings. The fourth-order valence-corrected chi connectivity index (χ4v) is 1.25. The molecule has 0 heterocycles. The van der Waals surface area contributed by atoms with Crippen LogP contribution in [0, 0.1) is 5.92 Å². The van der Waals surface area contributed by atoms with Gasteiger partial charge in [-0.3, -0.25) is 4.79 Å². The van der Waals surface area contributed by atoms with Gasteiger partial charge in [-0.05, 0) is 19.8 Å². The van der Waals surface area contributed by atoms with Gasteiger partial charge in [0, 0.05) is 19.6 Å². The van der Waals surface area contributed by atoms with Crippen LogP contribution in [0.15, 0.2) is 0 Å². The van der Waals surface area contributed by atoms with Gasteiger partial charge in [0.2, 0.25) is 5.91 Å². The number of hydrogen-bond acceptors (Lipinski definition) is 3. The Labute approximate surface area is 92.7 Å². The minimum Gasteiger partial charge on any atom is -0.392 e. The molecular weight excluding hydrogens is 192 g/mol. The van der Waals surface area contributed by atoms with E-state index in [0.29, 0.717) is 13.1 Å². The van der Waals surface area contributed by atoms with Crippen molar-refractivity contribution < 1.29 is 9.90 Å². The maximum Gasteiger partial charge on any atom is 0.236 e. The quantitative estimate of drug-likeness (QED) is 0.650. The molecule has 0 aliphatic carbocycles. The van der Waals surface area contributed by atoms with Gasteiger partial charge < -0.3 is 15.3 Å². The number of aliphatic hydroxyl groups excluding tert-OH is 1. The van der Waals surface area contributed by atoms with Gasteiger partial charge in [-0.1, -0.05) is 13.8 Å². The molecule has 0 aliphatic rings. The van der Waals surface area contributed by atoms with Crippen LogP contribution >= 0.6 is 0 Å². The van der Waals surface area contributed by atoms with E-state index in [2.05, 4.69) is 5.32 Å². The number of nitrogens with one attached hydrogen (secondary N) is 1. The van der Waals surface area contributed by atoms with Crippen molar-refractivity contribution in [1.29, 1.82) is 0 Å². The lowest BCUT2D eigenvalue weighted by atomic mass is 10.1. The van der Waals surface area contributed by atoms with Gasteiger partial charge in [0.1, 0.15) is 0 Å². The summed E-state index contributed by atoms with van der Waals surface area (Å²) in [7, 11) is 0. The van der Waals surface area contributed by atoms with Crippen molar-refractivity contribution in [3.05, 3.63) is 0 Å². The van der Waals surface area contributed by atoms with Gasteiger partial charge in [0.05, 0.1) is 12.6 Å². The topological polar surface area (TPSA) is 52.6 Å². The van der Waals surface area contributed by atoms with Crippen molar-refractivity contribution in [2.45, 2.75) is 33.8 Å². The lowest BCUT2D eigenvalue weighted by Gasteiger charge is -2.20. The number of carbonyl (C=O) groups is 1. The lowest BCUT2D eigenvalue weighted by Crippen LogP contribution is -2.40. The van der Waals surface area contributed by atoms with Crippen molar-refractivity contribution >= 4 is 5.91 Å². The zero-order valence-electron chi connectivity index (χ0n) is 10.3. The molecular formula is C11H24N2O2. The Balaban J connectivity index is 3.71. The fourth-order valence-electron chi connectivity index (χ4n) is 1.25. The normalized spacial score (nSPS) is 12.9. The van der Waals surface area contributed by atoms with Crippen LogP contribution < -0.4 is 5.32 Å². The van der Waals surface area contributed by atoms with Crippen LogP contribution in [-0.2, 0) is 4.79 Å². The van der Waals surface area contributed by atoms with Crippen LogP contribution in [0.3, 0.4) is 0 Å². The second-order valence-electron chi connectivity index (χ2n) is 4.01. The van der Waals surface area contributed by atoms with Gasteiger partial charge in [-0.15, -0.1) is 0 Å². The maximum atomic E-state index is 11.5. The third kappa shape index (κ3) is 5.74. The van der Waals surface area contributed by atoms with E-state index in [-0.39, 0.29) is 17.9 Å². The average molecular weight is 216 g/mol. The van der Waals surface area contributed by atoms with Crippen molar-refractivity contribution in [2.75, 3.05) is 26.2 Å². The molecule has 4 nitrogen and oxygen atoms in total. The predicted molar refractivity (Wildman–Crippen MR) is 61.6 cm³/mol. The molecule has 0 radical (unpaired) electrons. The molecule has 0 aromatic carbocycles. The van der Waals surface area contributed by atoms with Crippen molar-refractivity contribution in [3.8, 4) is 0 Å². The first kappa shape index (κ1) is 14.4. The van der Waals surface area contributed by atoms with Crippen LogP contribution in [0.1, 0.15) is 27.7 Å². The molecule has 0 bridgehead atoms. The van der Waals surface area contributed by atoms with Crippen LogP contribution in [0.4, 0.5) is 0 Å². The van der Waals surface area contributed by atoms with Crippen LogP contribution in [0.2, 0.25) is 0 Å². The lowest BCUT2D eigenvalue weighted by molar-refractivity contribution is -0.129. The molecule has 4 heteroatoms. The molecule has 90 valence electrons. The fraction of sp³-hybridized carbons (Fsp3) is 0.909. The number of likely N-dealkylation sites (N-methyl/N-ethyl adjacent to an activating group) is 1. The van der Waals surface area contributed by atoms with E-state index in [1.165, 1.54) is 0 Å². The van der Waals surface area contributed by atoms with E-state index in [1.54, 1.807) is 4.90 Å². The SMILES string of the molecule is CCN(CC)C(=O)CNCC(O)C(C)C. The smallest absolute Gasteiger partial charge is 0.236 e. The molecule has 1 amide bonds. The van der Waals surface area contributed by atoms with Gasteiger partial charge in [0.25, 0.3) is 0 Å². The summed E-state index contributed by atoms with van der Waals surface area (Å²) in [4.78, 5) is 13.3. The third-order valence-corrected chi connectivity index (χ3v) is 2.52. The molecule has 0 aromatic rings. The Bertz CT molecular complexity index is 179. The third-order valence-electron chi connectivity index (χ3n) is 2.52. The van der Waals surface area contributed by atoms with Gasteiger partial charge in [0.15, 0.2) is 0 Å². The van der Waals surface area contributed by atoms with Crippen molar-refractivity contribution in [3.63, 3.8) is 0 Å². The zero-order valence-corrected chi connectivity index (χ0v) is 10.3. The van der Waals surface area contributed by atoms with Crippen LogP contribution in [-0.4, -0.2) is 48.2 Å². The average Bonchev–Trinajstić information content (AvgIpc) is 2.19. The summed E-state index contributed by atoms with van der Waals surface area (Å²) >= 11 is 0. The van der Waals surface area contributed by atoms with Gasteiger partial charge in [-0.25, -0.2) is 0 Å². The van der Waals surface area contributed by atoms with E-state index < -0.39 is 0 Å². The minimum absolute atomic E-state index is 0.0935. The number of nitrogens with zero attached hydrogens (tertiary/aromatic N) is 1. The molecule has 0 rings (SSSR count). The maximum absolute atomic E-state index is 11.5. The number of amides is 1. The molecule has 1 unspecified atom stereocenters. The van der Waals surface area contributed by atoms with E-state index >= 15 is 0 Å². The Morgan fingerprint density at radius 3 is 2.27 bits per heavy atom. The van der Waals surface area contributed by atoms with E-state index in [4.69, 9.17) is 0 Å². The molecule has 1 atom stereocenters. The van der Waals surface area contributed by atoms with Crippen LogP contribution in [0.25, 0.3) is 0 Å². The first-order valence-electron chi connectivity index (χ1n) is 5.69. The van der Waals surface area contributed by atoms with Gasteiger partial charge >= 0.3 is 0 Å². The molecule has 0 aliphatic heterocycles. The summed E-state index contributed by atoms with van der Waals surface area (Å²) in [6, 6.07) is 0. The van der Waals surface area contributed by atoms with E-state index in [1.807, 2.05) is 27.7 Å². The number of rotatable bonds is 7. The summed E-state index contributed by atoms with van der Waals surface area (Å²) in [6.45, 7) is 10.1. The molecule has 15 heavy (non-hydrogen) atoms. The first-order valence-corrected chi connectivity index (χ1v) is 5.69. The number of hydrogen-bond donors (Lipinski definition) is 2. The predicted octanol–water partition coefficient (Wildman–Crippen LogP) is 0.461. The Morgan fingerprint density at radius 1 is 1.33 bits per heavy atom. The van der Waals surface area contributed by atoms with Crippen LogP contribution in [0.5, 0.6) is 0 Å². The van der Waals surface area contributed by atoms with E-state index in [0.717, 1.165) is 13.1 Å². The Kier molecular flexibility index (Phi) is 7.34. The summed E-state index contributed by atoms with van der Waals surface area (Å²) in [5, 5.41) is 12.5. The molecule has 0 saturated heterocycles. The molecule has 0 aromatic heterocycles. The highest BCUT2D eigenvalue weighted by Gasteiger charge is 2.11.